The van der Waals surface area contributed by atoms with Gasteiger partial charge in [0.2, 0.25) is 5.91 Å². The van der Waals surface area contributed by atoms with Gasteiger partial charge in [0.05, 0.1) is 18.4 Å². The van der Waals surface area contributed by atoms with Crippen molar-refractivity contribution in [2.75, 3.05) is 11.9 Å². The molecule has 0 bridgehead atoms. The van der Waals surface area contributed by atoms with Crippen molar-refractivity contribution in [2.24, 2.45) is 11.8 Å². The number of benzene rings is 1. The molecule has 4 unspecified atom stereocenters. The number of carbonyl (C=O) groups excluding carboxylic acids is 1. The first-order chi connectivity index (χ1) is 11.2. The summed E-state index contributed by atoms with van der Waals surface area (Å²) in [5.41, 5.74) is 1.95. The van der Waals surface area contributed by atoms with Gasteiger partial charge < -0.3 is 10.6 Å². The molecule has 122 valence electrons. The van der Waals surface area contributed by atoms with E-state index in [0.29, 0.717) is 24.9 Å². The highest BCUT2D eigenvalue weighted by Crippen LogP contribution is 2.35. The molecule has 1 amide bonds. The van der Waals surface area contributed by atoms with Crippen molar-refractivity contribution in [2.45, 2.75) is 43.5 Å². The van der Waals surface area contributed by atoms with Crippen LogP contribution in [0.15, 0.2) is 24.3 Å². The van der Waals surface area contributed by atoms with Crippen molar-refractivity contribution in [3.63, 3.8) is 0 Å². The Morgan fingerprint density at radius 3 is 3.04 bits per heavy atom. The normalized spacial score (nSPS) is 30.0. The molecule has 1 saturated heterocycles. The van der Waals surface area contributed by atoms with Gasteiger partial charge in [0, 0.05) is 23.7 Å². The third-order valence-electron chi connectivity index (χ3n) is 4.97. The van der Waals surface area contributed by atoms with Crippen LogP contribution < -0.4 is 10.6 Å². The summed E-state index contributed by atoms with van der Waals surface area (Å²) in [4.78, 5) is 12.3. The summed E-state index contributed by atoms with van der Waals surface area (Å²) < 4.78 is 0. The number of nitrogens with one attached hydrogen (secondary N) is 2. The van der Waals surface area contributed by atoms with E-state index < -0.39 is 0 Å². The third-order valence-corrected chi connectivity index (χ3v) is 5.36. The van der Waals surface area contributed by atoms with Crippen LogP contribution in [0.5, 0.6) is 0 Å². The molecule has 4 nitrogen and oxygen atoms in total. The minimum atomic E-state index is -0.0159. The Morgan fingerprint density at radius 2 is 2.22 bits per heavy atom. The standard InChI is InChI=1S/C18H22ClN3O/c19-15-4-5-17-13(10-15)9-14(18(23)22-17)11-21-16-3-1-2-12(8-16)6-7-20/h1-3,8,13-15,17,21H,4-6,9-11H2,(H,22,23). The second-order valence-corrected chi connectivity index (χ2v) is 7.25. The number of alkyl halides is 1. The van der Waals surface area contributed by atoms with Crippen LogP contribution in [0, 0.1) is 23.2 Å². The van der Waals surface area contributed by atoms with Crippen LogP contribution in [0.2, 0.25) is 0 Å². The Balaban J connectivity index is 1.58. The van der Waals surface area contributed by atoms with E-state index in [1.807, 2.05) is 24.3 Å². The summed E-state index contributed by atoms with van der Waals surface area (Å²) in [6.07, 6.45) is 4.31. The molecule has 5 heteroatoms. The molecule has 1 aliphatic carbocycles. The summed E-state index contributed by atoms with van der Waals surface area (Å²) in [5.74, 6) is 0.637. The van der Waals surface area contributed by atoms with Gasteiger partial charge >= 0.3 is 0 Å². The van der Waals surface area contributed by atoms with Crippen LogP contribution >= 0.6 is 11.6 Å². The summed E-state index contributed by atoms with van der Waals surface area (Å²) in [5, 5.41) is 15.6. The number of anilines is 1. The molecule has 2 aliphatic rings. The Labute approximate surface area is 142 Å². The lowest BCUT2D eigenvalue weighted by Crippen LogP contribution is -2.53. The molecule has 1 saturated carbocycles. The predicted molar refractivity (Wildman–Crippen MR) is 91.3 cm³/mol. The quantitative estimate of drug-likeness (QED) is 0.833. The van der Waals surface area contributed by atoms with Gasteiger partial charge in [0.1, 0.15) is 0 Å². The number of carbonyl (C=O) groups is 1. The lowest BCUT2D eigenvalue weighted by Gasteiger charge is -2.41. The van der Waals surface area contributed by atoms with E-state index in [2.05, 4.69) is 16.7 Å². The maximum Gasteiger partial charge on any atom is 0.225 e. The van der Waals surface area contributed by atoms with Gasteiger partial charge in [0.15, 0.2) is 0 Å². The molecule has 0 radical (unpaired) electrons. The molecule has 3 rings (SSSR count). The zero-order valence-corrected chi connectivity index (χ0v) is 13.9. The molecule has 0 spiro atoms. The smallest absolute Gasteiger partial charge is 0.225 e. The zero-order valence-electron chi connectivity index (χ0n) is 13.1. The minimum absolute atomic E-state index is 0.0159. The van der Waals surface area contributed by atoms with Crippen LogP contribution in [0.3, 0.4) is 0 Å². The highest BCUT2D eigenvalue weighted by molar-refractivity contribution is 6.20. The fourth-order valence-electron chi connectivity index (χ4n) is 3.73. The van der Waals surface area contributed by atoms with E-state index in [1.165, 1.54) is 0 Å². The Kier molecular flexibility index (Phi) is 5.07. The number of piperidine rings is 1. The molecular formula is C18H22ClN3O. The second-order valence-electron chi connectivity index (χ2n) is 6.63. The lowest BCUT2D eigenvalue weighted by molar-refractivity contribution is -0.129. The van der Waals surface area contributed by atoms with Gasteiger partial charge in [-0.15, -0.1) is 11.6 Å². The van der Waals surface area contributed by atoms with E-state index in [9.17, 15) is 4.79 Å². The first-order valence-electron chi connectivity index (χ1n) is 8.30. The van der Waals surface area contributed by atoms with Gasteiger partial charge in [-0.3, -0.25) is 4.79 Å². The number of rotatable bonds is 4. The minimum Gasteiger partial charge on any atom is -0.384 e. The molecule has 23 heavy (non-hydrogen) atoms. The fraction of sp³-hybridized carbons (Fsp3) is 0.556. The summed E-state index contributed by atoms with van der Waals surface area (Å²) in [6.45, 7) is 0.623. The van der Waals surface area contributed by atoms with Crippen molar-refractivity contribution in [3.05, 3.63) is 29.8 Å². The van der Waals surface area contributed by atoms with E-state index in [-0.39, 0.29) is 17.2 Å². The van der Waals surface area contributed by atoms with Gasteiger partial charge in [-0.1, -0.05) is 12.1 Å². The first-order valence-corrected chi connectivity index (χ1v) is 8.73. The van der Waals surface area contributed by atoms with Crippen LogP contribution in [-0.2, 0) is 11.2 Å². The van der Waals surface area contributed by atoms with Crippen molar-refractivity contribution < 1.29 is 4.79 Å². The van der Waals surface area contributed by atoms with E-state index in [4.69, 9.17) is 16.9 Å². The monoisotopic (exact) mass is 331 g/mol. The number of hydrogen-bond acceptors (Lipinski definition) is 3. The number of halogens is 1. The average Bonchev–Trinajstić information content (AvgIpc) is 2.54. The van der Waals surface area contributed by atoms with Crippen LogP contribution in [0.4, 0.5) is 5.69 Å². The van der Waals surface area contributed by atoms with E-state index in [1.54, 1.807) is 0 Å². The Bertz CT molecular complexity index is 613. The molecular weight excluding hydrogens is 310 g/mol. The highest BCUT2D eigenvalue weighted by Gasteiger charge is 2.38. The number of nitrogens with zero attached hydrogens (tertiary/aromatic N) is 1. The highest BCUT2D eigenvalue weighted by atomic mass is 35.5. The average molecular weight is 332 g/mol. The van der Waals surface area contributed by atoms with Crippen LogP contribution in [0.25, 0.3) is 0 Å². The third kappa shape index (κ3) is 3.97. The molecule has 1 heterocycles. The predicted octanol–water partition coefficient (Wildman–Crippen LogP) is 3.08. The SMILES string of the molecule is N#CCc1cccc(NCC2CC3CC(Cl)CCC3NC2=O)c1. The molecule has 0 aromatic heterocycles. The molecule has 1 aromatic rings. The topological polar surface area (TPSA) is 64.9 Å². The Hall–Kier alpha value is -1.73. The fourth-order valence-corrected chi connectivity index (χ4v) is 4.08. The van der Waals surface area contributed by atoms with Gasteiger partial charge in [-0.25, -0.2) is 0 Å². The number of amides is 1. The number of nitriles is 1. The van der Waals surface area contributed by atoms with Crippen LogP contribution in [0.1, 0.15) is 31.2 Å². The van der Waals surface area contributed by atoms with Crippen molar-refractivity contribution >= 4 is 23.2 Å². The van der Waals surface area contributed by atoms with Gasteiger partial charge in [0.25, 0.3) is 0 Å². The van der Waals surface area contributed by atoms with Crippen molar-refractivity contribution in [1.82, 2.24) is 5.32 Å². The van der Waals surface area contributed by atoms with Crippen molar-refractivity contribution in [1.29, 1.82) is 5.26 Å². The van der Waals surface area contributed by atoms with Gasteiger partial charge in [-0.05, 0) is 49.3 Å². The molecule has 2 fully saturated rings. The summed E-state index contributed by atoms with van der Waals surface area (Å²) in [6, 6.07) is 10.3. The second kappa shape index (κ2) is 7.23. The molecule has 4 atom stereocenters. The first kappa shape index (κ1) is 16.1. The largest absolute Gasteiger partial charge is 0.384 e. The molecule has 1 aromatic carbocycles. The zero-order chi connectivity index (χ0) is 16.2. The number of fused-ring (bicyclic) bond motifs is 1. The van der Waals surface area contributed by atoms with Crippen LogP contribution in [-0.4, -0.2) is 23.9 Å². The van der Waals surface area contributed by atoms with Gasteiger partial charge in [-0.2, -0.15) is 5.26 Å². The molecule has 2 N–H and O–H groups in total. The maximum absolute atomic E-state index is 12.3. The molecule has 1 aliphatic heterocycles. The van der Waals surface area contributed by atoms with E-state index in [0.717, 1.165) is 36.9 Å². The maximum atomic E-state index is 12.3. The van der Waals surface area contributed by atoms with E-state index >= 15 is 0 Å². The number of hydrogen-bond donors (Lipinski definition) is 2. The summed E-state index contributed by atoms with van der Waals surface area (Å²) >= 11 is 6.29. The van der Waals surface area contributed by atoms with Crippen molar-refractivity contribution in [3.8, 4) is 6.07 Å². The lowest BCUT2D eigenvalue weighted by atomic mass is 9.75. The summed E-state index contributed by atoms with van der Waals surface area (Å²) in [7, 11) is 0. The Morgan fingerprint density at radius 1 is 1.35 bits per heavy atom.